The molecule has 0 aliphatic carbocycles. The van der Waals surface area contributed by atoms with Crippen molar-refractivity contribution in [3.05, 3.63) is 0 Å². The molecule has 0 rings (SSSR count). The zero-order valence-electron chi connectivity index (χ0n) is 12.0. The monoisotopic (exact) mass is 274 g/mol. The number of carbonyl (C=O) groups is 3. The van der Waals surface area contributed by atoms with Gasteiger partial charge in [0.1, 0.15) is 6.54 Å². The van der Waals surface area contributed by atoms with Gasteiger partial charge in [-0.2, -0.15) is 0 Å². The number of nitrogens with zero attached hydrogens (tertiary/aromatic N) is 1. The van der Waals surface area contributed by atoms with Crippen molar-refractivity contribution in [2.75, 3.05) is 13.7 Å². The lowest BCUT2D eigenvalue weighted by Gasteiger charge is -2.28. The quantitative estimate of drug-likeness (QED) is 0.695. The first-order chi connectivity index (χ1) is 8.70. The van der Waals surface area contributed by atoms with Crippen LogP contribution in [0.5, 0.6) is 0 Å². The highest BCUT2D eigenvalue weighted by molar-refractivity contribution is 5.82. The minimum absolute atomic E-state index is 0.172. The average molecular weight is 274 g/mol. The summed E-state index contributed by atoms with van der Waals surface area (Å²) in [6, 6.07) is -1.23. The van der Waals surface area contributed by atoms with Gasteiger partial charge in [-0.3, -0.25) is 9.59 Å². The molecule has 7 heteroatoms. The average Bonchev–Trinajstić information content (AvgIpc) is 2.33. The van der Waals surface area contributed by atoms with Crippen molar-refractivity contribution in [1.82, 2.24) is 10.2 Å². The fourth-order valence-corrected chi connectivity index (χ4v) is 1.31. The number of ether oxygens (including phenoxy) is 1. The van der Waals surface area contributed by atoms with Gasteiger partial charge in [-0.1, -0.05) is 0 Å². The highest BCUT2D eigenvalue weighted by Crippen LogP contribution is 2.05. The maximum Gasteiger partial charge on any atom is 0.325 e. The standard InChI is InChI=1S/C12H22N2O5/c1-7(2)14(6-10(15)19-5)12(18)13-9(4)8(3)11(16)17/h7-9H,6H2,1-5H3,(H,13,18)(H,16,17). The van der Waals surface area contributed by atoms with Crippen molar-refractivity contribution in [2.24, 2.45) is 5.92 Å². The van der Waals surface area contributed by atoms with Gasteiger partial charge >= 0.3 is 18.0 Å². The van der Waals surface area contributed by atoms with Crippen LogP contribution in [0.4, 0.5) is 4.79 Å². The summed E-state index contributed by atoms with van der Waals surface area (Å²) < 4.78 is 4.52. The number of rotatable bonds is 6. The van der Waals surface area contributed by atoms with Crippen LogP contribution < -0.4 is 5.32 Å². The zero-order chi connectivity index (χ0) is 15.2. The Morgan fingerprint density at radius 3 is 2.11 bits per heavy atom. The fraction of sp³-hybridized carbons (Fsp3) is 0.750. The van der Waals surface area contributed by atoms with Gasteiger partial charge in [0.05, 0.1) is 13.0 Å². The van der Waals surface area contributed by atoms with Gasteiger partial charge in [0.15, 0.2) is 0 Å². The first kappa shape index (κ1) is 17.2. The van der Waals surface area contributed by atoms with Gasteiger partial charge in [-0.15, -0.1) is 0 Å². The first-order valence-electron chi connectivity index (χ1n) is 6.07. The highest BCUT2D eigenvalue weighted by atomic mass is 16.5. The lowest BCUT2D eigenvalue weighted by Crippen LogP contribution is -2.51. The molecule has 0 radical (unpaired) electrons. The molecule has 2 unspecified atom stereocenters. The molecule has 0 saturated carbocycles. The van der Waals surface area contributed by atoms with Crippen LogP contribution in [0.2, 0.25) is 0 Å². The number of amides is 2. The predicted molar refractivity (Wildman–Crippen MR) is 68.7 cm³/mol. The second kappa shape index (κ2) is 7.60. The summed E-state index contributed by atoms with van der Waals surface area (Å²) in [4.78, 5) is 35.3. The molecule has 0 fully saturated rings. The van der Waals surface area contributed by atoms with Crippen molar-refractivity contribution in [2.45, 2.75) is 39.8 Å². The van der Waals surface area contributed by atoms with Crippen LogP contribution in [0.15, 0.2) is 0 Å². The normalized spacial score (nSPS) is 13.6. The van der Waals surface area contributed by atoms with Gasteiger partial charge in [0, 0.05) is 12.1 Å². The molecule has 7 nitrogen and oxygen atoms in total. The SMILES string of the molecule is COC(=O)CN(C(=O)NC(C)C(C)C(=O)O)C(C)C. The molecule has 110 valence electrons. The third-order valence-corrected chi connectivity index (χ3v) is 2.90. The maximum atomic E-state index is 12.0. The van der Waals surface area contributed by atoms with E-state index in [1.54, 1.807) is 20.8 Å². The number of hydrogen-bond donors (Lipinski definition) is 2. The number of aliphatic carboxylic acids is 1. The molecule has 0 spiro atoms. The number of methoxy groups -OCH3 is 1. The van der Waals surface area contributed by atoms with Crippen LogP contribution in [0, 0.1) is 5.92 Å². The number of carboxylic acids is 1. The van der Waals surface area contributed by atoms with E-state index in [2.05, 4.69) is 10.1 Å². The smallest absolute Gasteiger partial charge is 0.325 e. The van der Waals surface area contributed by atoms with Crippen LogP contribution in [-0.2, 0) is 14.3 Å². The number of esters is 1. The van der Waals surface area contributed by atoms with Crippen LogP contribution in [-0.4, -0.2) is 53.7 Å². The first-order valence-corrected chi connectivity index (χ1v) is 6.07. The maximum absolute atomic E-state index is 12.0. The zero-order valence-corrected chi connectivity index (χ0v) is 12.0. The molecular weight excluding hydrogens is 252 g/mol. The van der Waals surface area contributed by atoms with E-state index < -0.39 is 29.9 Å². The van der Waals surface area contributed by atoms with Gasteiger partial charge in [0.2, 0.25) is 0 Å². The van der Waals surface area contributed by atoms with Gasteiger partial charge in [0.25, 0.3) is 0 Å². The topological polar surface area (TPSA) is 95.9 Å². The number of urea groups is 1. The van der Waals surface area contributed by atoms with Gasteiger partial charge in [-0.25, -0.2) is 4.79 Å². The van der Waals surface area contributed by atoms with E-state index in [0.29, 0.717) is 0 Å². The number of carbonyl (C=O) groups excluding carboxylic acids is 2. The molecule has 0 heterocycles. The Hall–Kier alpha value is -1.79. The summed E-state index contributed by atoms with van der Waals surface area (Å²) in [5, 5.41) is 11.4. The van der Waals surface area contributed by atoms with Crippen LogP contribution in [0.1, 0.15) is 27.7 Å². The van der Waals surface area contributed by atoms with Crippen molar-refractivity contribution < 1.29 is 24.2 Å². The molecule has 0 bridgehead atoms. The number of hydrogen-bond acceptors (Lipinski definition) is 4. The van der Waals surface area contributed by atoms with E-state index in [9.17, 15) is 14.4 Å². The van der Waals surface area contributed by atoms with Crippen molar-refractivity contribution in [1.29, 1.82) is 0 Å². The molecule has 2 atom stereocenters. The molecule has 0 aromatic rings. The second-order valence-corrected chi connectivity index (χ2v) is 4.66. The molecule has 0 aliphatic heterocycles. The molecule has 19 heavy (non-hydrogen) atoms. The van der Waals surface area contributed by atoms with Crippen LogP contribution in [0.25, 0.3) is 0 Å². The number of carboxylic acid groups (broad SMARTS) is 1. The van der Waals surface area contributed by atoms with E-state index in [1.807, 2.05) is 0 Å². The minimum Gasteiger partial charge on any atom is -0.481 e. The third kappa shape index (κ3) is 5.58. The summed E-state index contributed by atoms with van der Waals surface area (Å²) in [5.74, 6) is -2.23. The van der Waals surface area contributed by atoms with Crippen LogP contribution >= 0.6 is 0 Å². The minimum atomic E-state index is -0.989. The predicted octanol–water partition coefficient (Wildman–Crippen LogP) is 0.689. The molecule has 0 saturated heterocycles. The van der Waals surface area contributed by atoms with E-state index in [-0.39, 0.29) is 12.6 Å². The van der Waals surface area contributed by atoms with Gasteiger partial charge in [-0.05, 0) is 27.7 Å². The Bertz CT molecular complexity index is 343. The third-order valence-electron chi connectivity index (χ3n) is 2.90. The van der Waals surface area contributed by atoms with E-state index in [4.69, 9.17) is 5.11 Å². The summed E-state index contributed by atoms with van der Waals surface area (Å²) in [5.41, 5.74) is 0. The molecular formula is C12H22N2O5. The Morgan fingerprint density at radius 1 is 1.21 bits per heavy atom. The summed E-state index contributed by atoms with van der Waals surface area (Å²) in [7, 11) is 1.24. The Morgan fingerprint density at radius 2 is 1.74 bits per heavy atom. The molecule has 0 aliphatic rings. The Kier molecular flexibility index (Phi) is 6.89. The van der Waals surface area contributed by atoms with Crippen molar-refractivity contribution in [3.63, 3.8) is 0 Å². The largest absolute Gasteiger partial charge is 0.481 e. The van der Waals surface area contributed by atoms with Gasteiger partial charge < -0.3 is 20.1 Å². The molecule has 0 aromatic carbocycles. The lowest BCUT2D eigenvalue weighted by atomic mass is 10.0. The summed E-state index contributed by atoms with van der Waals surface area (Å²) in [6.07, 6.45) is 0. The van der Waals surface area contributed by atoms with Crippen molar-refractivity contribution in [3.8, 4) is 0 Å². The van der Waals surface area contributed by atoms with E-state index >= 15 is 0 Å². The van der Waals surface area contributed by atoms with Crippen LogP contribution in [0.3, 0.4) is 0 Å². The molecule has 2 N–H and O–H groups in total. The summed E-state index contributed by atoms with van der Waals surface area (Å²) >= 11 is 0. The Balaban J connectivity index is 4.65. The number of nitrogens with one attached hydrogen (secondary N) is 1. The van der Waals surface area contributed by atoms with Crippen molar-refractivity contribution >= 4 is 18.0 Å². The van der Waals surface area contributed by atoms with E-state index in [0.717, 1.165) is 0 Å². The second-order valence-electron chi connectivity index (χ2n) is 4.66. The summed E-state index contributed by atoms with van der Waals surface area (Å²) in [6.45, 7) is 6.45. The Labute approximate surface area is 112 Å². The molecule has 2 amide bonds. The lowest BCUT2D eigenvalue weighted by molar-refractivity contribution is -0.143. The van der Waals surface area contributed by atoms with E-state index in [1.165, 1.54) is 18.9 Å². The molecule has 0 aromatic heterocycles. The fourth-order valence-electron chi connectivity index (χ4n) is 1.31. The highest BCUT2D eigenvalue weighted by Gasteiger charge is 2.25.